The predicted molar refractivity (Wildman–Crippen MR) is 51.2 cm³/mol. The minimum absolute atomic E-state index is 0.0423. The van der Waals surface area contributed by atoms with Crippen LogP contribution < -0.4 is 5.32 Å². The van der Waals surface area contributed by atoms with Gasteiger partial charge in [-0.3, -0.25) is 14.6 Å². The van der Waals surface area contributed by atoms with Crippen molar-refractivity contribution in [2.45, 2.75) is 11.8 Å². The van der Waals surface area contributed by atoms with Crippen molar-refractivity contribution in [2.75, 3.05) is 6.54 Å². The number of carboxylic acid groups (broad SMARTS) is 1. The molecule has 78 valence electrons. The number of aromatic nitrogens is 1. The number of rotatable bonds is 2. The van der Waals surface area contributed by atoms with Crippen LogP contribution in [0, 0.1) is 0 Å². The summed E-state index contributed by atoms with van der Waals surface area (Å²) < 4.78 is 0. The van der Waals surface area contributed by atoms with Crippen LogP contribution in [0.5, 0.6) is 0 Å². The van der Waals surface area contributed by atoms with Gasteiger partial charge in [0, 0.05) is 12.7 Å². The summed E-state index contributed by atoms with van der Waals surface area (Å²) in [5, 5.41) is 11.7. The maximum absolute atomic E-state index is 11.2. The van der Waals surface area contributed by atoms with Crippen molar-refractivity contribution in [3.05, 3.63) is 30.1 Å². The molecule has 1 atom stereocenters. The molecule has 1 aliphatic rings. The molecule has 0 aliphatic carbocycles. The summed E-state index contributed by atoms with van der Waals surface area (Å²) in [6.07, 6.45) is 1.49. The summed E-state index contributed by atoms with van der Waals surface area (Å²) in [4.78, 5) is 26.4. The van der Waals surface area contributed by atoms with E-state index in [0.717, 1.165) is 0 Å². The second kappa shape index (κ2) is 3.34. The molecule has 1 aromatic heterocycles. The molecule has 2 rings (SSSR count). The van der Waals surface area contributed by atoms with E-state index in [4.69, 9.17) is 0 Å². The number of hydrogen-bond acceptors (Lipinski definition) is 3. The predicted octanol–water partition coefficient (Wildman–Crippen LogP) is -0.0761. The van der Waals surface area contributed by atoms with E-state index in [2.05, 4.69) is 10.3 Å². The first-order valence-electron chi connectivity index (χ1n) is 4.57. The fourth-order valence-corrected chi connectivity index (χ4v) is 1.74. The van der Waals surface area contributed by atoms with Crippen molar-refractivity contribution in [1.82, 2.24) is 10.3 Å². The van der Waals surface area contributed by atoms with Gasteiger partial charge in [0.25, 0.3) is 0 Å². The van der Waals surface area contributed by atoms with Gasteiger partial charge in [-0.05, 0) is 12.1 Å². The van der Waals surface area contributed by atoms with Crippen LogP contribution in [0.2, 0.25) is 0 Å². The number of carboxylic acids is 1. The van der Waals surface area contributed by atoms with E-state index >= 15 is 0 Å². The normalized spacial score (nSPS) is 24.9. The van der Waals surface area contributed by atoms with Crippen molar-refractivity contribution in [3.63, 3.8) is 0 Å². The first-order valence-corrected chi connectivity index (χ1v) is 4.57. The van der Waals surface area contributed by atoms with E-state index in [-0.39, 0.29) is 18.9 Å². The lowest BCUT2D eigenvalue weighted by molar-refractivity contribution is -0.144. The monoisotopic (exact) mass is 206 g/mol. The zero-order valence-electron chi connectivity index (χ0n) is 7.93. The Morgan fingerprint density at radius 1 is 1.53 bits per heavy atom. The Kier molecular flexibility index (Phi) is 2.15. The number of carbonyl (C=O) groups excluding carboxylic acids is 1. The number of pyridine rings is 1. The Bertz CT molecular complexity index is 404. The Balaban J connectivity index is 2.45. The van der Waals surface area contributed by atoms with Crippen LogP contribution in [0.4, 0.5) is 0 Å². The van der Waals surface area contributed by atoms with Crippen LogP contribution in [0.3, 0.4) is 0 Å². The first-order chi connectivity index (χ1) is 7.15. The highest BCUT2D eigenvalue weighted by molar-refractivity contribution is 5.93. The Hall–Kier alpha value is -1.91. The molecular formula is C10H10N2O3. The summed E-state index contributed by atoms with van der Waals surface area (Å²) >= 11 is 0. The van der Waals surface area contributed by atoms with Gasteiger partial charge in [-0.1, -0.05) is 6.07 Å². The van der Waals surface area contributed by atoms with Crippen LogP contribution in [0.15, 0.2) is 24.4 Å². The Morgan fingerprint density at radius 2 is 2.33 bits per heavy atom. The van der Waals surface area contributed by atoms with Crippen molar-refractivity contribution in [1.29, 1.82) is 0 Å². The quantitative estimate of drug-likeness (QED) is 0.709. The first kappa shape index (κ1) is 9.64. The SMILES string of the molecule is O=C1C[C@@](C(=O)O)(c2ccccn2)CN1. The molecule has 2 heterocycles. The molecule has 0 bridgehead atoms. The van der Waals surface area contributed by atoms with Gasteiger partial charge in [-0.15, -0.1) is 0 Å². The molecule has 5 nitrogen and oxygen atoms in total. The largest absolute Gasteiger partial charge is 0.480 e. The van der Waals surface area contributed by atoms with E-state index in [1.165, 1.54) is 6.20 Å². The van der Waals surface area contributed by atoms with Crippen molar-refractivity contribution in [2.24, 2.45) is 0 Å². The molecule has 0 unspecified atom stereocenters. The minimum Gasteiger partial charge on any atom is -0.480 e. The van der Waals surface area contributed by atoms with Crippen LogP contribution in [-0.2, 0) is 15.0 Å². The average molecular weight is 206 g/mol. The molecule has 1 amide bonds. The lowest BCUT2D eigenvalue weighted by Gasteiger charge is -2.20. The molecule has 15 heavy (non-hydrogen) atoms. The molecular weight excluding hydrogens is 196 g/mol. The molecule has 1 aliphatic heterocycles. The van der Waals surface area contributed by atoms with E-state index in [9.17, 15) is 14.7 Å². The Morgan fingerprint density at radius 3 is 2.80 bits per heavy atom. The number of nitrogens with one attached hydrogen (secondary N) is 1. The van der Waals surface area contributed by atoms with Gasteiger partial charge in [0.1, 0.15) is 5.41 Å². The summed E-state index contributed by atoms with van der Waals surface area (Å²) in [5.41, 5.74) is -0.769. The standard InChI is InChI=1S/C10H10N2O3/c13-8-5-10(6-12-8,9(14)15)7-3-1-2-4-11-7/h1-4H,5-6H2,(H,12,13)(H,14,15)/t10-/m0/s1. The maximum atomic E-state index is 11.2. The van der Waals surface area contributed by atoms with Gasteiger partial charge < -0.3 is 10.4 Å². The second-order valence-electron chi connectivity index (χ2n) is 3.56. The molecule has 0 saturated carbocycles. The van der Waals surface area contributed by atoms with E-state index in [1.54, 1.807) is 18.2 Å². The number of nitrogens with zero attached hydrogens (tertiary/aromatic N) is 1. The van der Waals surface area contributed by atoms with Crippen molar-refractivity contribution in [3.8, 4) is 0 Å². The Labute approximate surface area is 86.1 Å². The van der Waals surface area contributed by atoms with E-state index in [0.29, 0.717) is 5.69 Å². The lowest BCUT2D eigenvalue weighted by atomic mass is 9.83. The molecule has 1 aromatic rings. The van der Waals surface area contributed by atoms with Gasteiger partial charge in [-0.2, -0.15) is 0 Å². The highest BCUT2D eigenvalue weighted by atomic mass is 16.4. The van der Waals surface area contributed by atoms with Crippen LogP contribution in [-0.4, -0.2) is 28.5 Å². The van der Waals surface area contributed by atoms with Gasteiger partial charge in [0.2, 0.25) is 5.91 Å². The third kappa shape index (κ3) is 1.45. The van der Waals surface area contributed by atoms with E-state index < -0.39 is 11.4 Å². The molecule has 0 spiro atoms. The number of aliphatic carboxylic acids is 1. The average Bonchev–Trinajstić information content (AvgIpc) is 2.63. The summed E-state index contributed by atoms with van der Waals surface area (Å²) in [6.45, 7) is 0.109. The maximum Gasteiger partial charge on any atom is 0.318 e. The summed E-state index contributed by atoms with van der Waals surface area (Å²) in [7, 11) is 0. The molecule has 0 radical (unpaired) electrons. The number of amides is 1. The third-order valence-electron chi connectivity index (χ3n) is 2.61. The highest BCUT2D eigenvalue weighted by Crippen LogP contribution is 2.29. The molecule has 1 fully saturated rings. The van der Waals surface area contributed by atoms with Gasteiger partial charge in [0.15, 0.2) is 0 Å². The van der Waals surface area contributed by atoms with Crippen LogP contribution in [0.25, 0.3) is 0 Å². The van der Waals surface area contributed by atoms with Gasteiger partial charge in [0.05, 0.1) is 12.1 Å². The second-order valence-corrected chi connectivity index (χ2v) is 3.56. The highest BCUT2D eigenvalue weighted by Gasteiger charge is 2.48. The van der Waals surface area contributed by atoms with Crippen molar-refractivity contribution >= 4 is 11.9 Å². The molecule has 5 heteroatoms. The summed E-state index contributed by atoms with van der Waals surface area (Å²) in [5.74, 6) is -1.26. The molecule has 1 saturated heterocycles. The summed E-state index contributed by atoms with van der Waals surface area (Å²) in [6, 6.07) is 5.06. The van der Waals surface area contributed by atoms with Crippen molar-refractivity contribution < 1.29 is 14.7 Å². The number of hydrogen-bond donors (Lipinski definition) is 2. The lowest BCUT2D eigenvalue weighted by Crippen LogP contribution is -2.38. The van der Waals surface area contributed by atoms with Crippen LogP contribution in [0.1, 0.15) is 12.1 Å². The minimum atomic E-state index is -1.20. The topological polar surface area (TPSA) is 79.3 Å². The van der Waals surface area contributed by atoms with Gasteiger partial charge >= 0.3 is 5.97 Å². The fourth-order valence-electron chi connectivity index (χ4n) is 1.74. The third-order valence-corrected chi connectivity index (χ3v) is 2.61. The molecule has 2 N–H and O–H groups in total. The number of carbonyl (C=O) groups is 2. The van der Waals surface area contributed by atoms with E-state index in [1.807, 2.05) is 0 Å². The van der Waals surface area contributed by atoms with Gasteiger partial charge in [-0.25, -0.2) is 0 Å². The zero-order valence-corrected chi connectivity index (χ0v) is 7.93. The molecule has 0 aromatic carbocycles. The fraction of sp³-hybridized carbons (Fsp3) is 0.300. The zero-order chi connectivity index (χ0) is 10.9. The smallest absolute Gasteiger partial charge is 0.318 e. The van der Waals surface area contributed by atoms with Crippen LogP contribution >= 0.6 is 0 Å².